The molecule has 7 nitrogen and oxygen atoms in total. The van der Waals surface area contributed by atoms with E-state index in [9.17, 15) is 8.42 Å². The fourth-order valence-electron chi connectivity index (χ4n) is 2.78. The molecule has 0 aliphatic carbocycles. The molecule has 0 saturated carbocycles. The lowest BCUT2D eigenvalue weighted by Gasteiger charge is -2.07. The van der Waals surface area contributed by atoms with Crippen LogP contribution in [0.3, 0.4) is 0 Å². The maximum atomic E-state index is 12.2. The smallest absolute Gasteiger partial charge is 0.215 e. The van der Waals surface area contributed by atoms with Gasteiger partial charge in [-0.3, -0.25) is 9.36 Å². The highest BCUT2D eigenvalue weighted by Crippen LogP contribution is 2.17. The van der Waals surface area contributed by atoms with Crippen molar-refractivity contribution in [3.8, 4) is 0 Å². The molecule has 0 fully saturated rings. The van der Waals surface area contributed by atoms with Crippen LogP contribution in [0.5, 0.6) is 0 Å². The zero-order chi connectivity index (χ0) is 17.2. The predicted molar refractivity (Wildman–Crippen MR) is 93.0 cm³/mol. The highest BCUT2D eigenvalue weighted by Gasteiger charge is 2.14. The molecule has 1 N–H and O–H groups in total. The lowest BCUT2D eigenvalue weighted by molar-refractivity contribution is 0.564. The number of benzene rings is 1. The minimum atomic E-state index is -3.36. The van der Waals surface area contributed by atoms with Crippen molar-refractivity contribution in [1.82, 2.24) is 24.3 Å². The number of hydrogen-bond acceptors (Lipinski definition) is 4. The summed E-state index contributed by atoms with van der Waals surface area (Å²) in [6, 6.07) is 9.14. The molecule has 0 atom stereocenters. The molecular formula is C16H21N5O2S. The number of hydrogen-bond donors (Lipinski definition) is 1. The van der Waals surface area contributed by atoms with Gasteiger partial charge in [0.15, 0.2) is 0 Å². The van der Waals surface area contributed by atoms with Gasteiger partial charge in [-0.05, 0) is 19.4 Å². The van der Waals surface area contributed by atoms with E-state index in [4.69, 9.17) is 0 Å². The lowest BCUT2D eigenvalue weighted by Crippen LogP contribution is -2.28. The Morgan fingerprint density at radius 3 is 2.62 bits per heavy atom. The number of aryl methyl sites for hydroxylation is 2. The zero-order valence-corrected chi connectivity index (χ0v) is 14.6. The van der Waals surface area contributed by atoms with Crippen LogP contribution in [0.2, 0.25) is 0 Å². The fraction of sp³-hybridized carbons (Fsp3) is 0.375. The molecule has 3 aromatic rings. The normalized spacial score (nSPS) is 12.1. The topological polar surface area (TPSA) is 81.8 Å². The van der Waals surface area contributed by atoms with E-state index in [2.05, 4.69) is 14.9 Å². The van der Waals surface area contributed by atoms with Gasteiger partial charge < -0.3 is 0 Å². The summed E-state index contributed by atoms with van der Waals surface area (Å²) in [5, 5.41) is 8.81. The maximum absolute atomic E-state index is 12.2. The van der Waals surface area contributed by atoms with Crippen molar-refractivity contribution in [3.05, 3.63) is 47.8 Å². The average molecular weight is 347 g/mol. The summed E-state index contributed by atoms with van der Waals surface area (Å²) in [6.45, 7) is 5.50. The van der Waals surface area contributed by atoms with Crippen LogP contribution in [0.15, 0.2) is 36.5 Å². The lowest BCUT2D eigenvalue weighted by atomic mass is 10.2. The van der Waals surface area contributed by atoms with Gasteiger partial charge in [0.25, 0.3) is 0 Å². The van der Waals surface area contributed by atoms with Gasteiger partial charge in [-0.2, -0.15) is 10.2 Å². The number of nitrogens with one attached hydrogen (secondary N) is 1. The van der Waals surface area contributed by atoms with Gasteiger partial charge in [0, 0.05) is 13.1 Å². The summed E-state index contributed by atoms with van der Waals surface area (Å²) in [4.78, 5) is 0. The molecule has 0 spiro atoms. The predicted octanol–water partition coefficient (Wildman–Crippen LogP) is 1.68. The van der Waals surface area contributed by atoms with Crippen LogP contribution in [-0.2, 0) is 28.9 Å². The molecule has 2 aromatic heterocycles. The molecule has 0 aliphatic heterocycles. The third-order valence-electron chi connectivity index (χ3n) is 3.86. The fourth-order valence-corrected chi connectivity index (χ4v) is 3.92. The Balaban J connectivity index is 1.65. The largest absolute Gasteiger partial charge is 0.262 e. The van der Waals surface area contributed by atoms with Gasteiger partial charge >= 0.3 is 0 Å². The second kappa shape index (κ2) is 6.74. The first-order valence-corrected chi connectivity index (χ1v) is 9.55. The van der Waals surface area contributed by atoms with Gasteiger partial charge in [-0.15, -0.1) is 0 Å². The van der Waals surface area contributed by atoms with E-state index in [1.807, 2.05) is 36.7 Å². The Morgan fingerprint density at radius 2 is 1.92 bits per heavy atom. The number of aromatic nitrogens is 4. The summed E-state index contributed by atoms with van der Waals surface area (Å²) < 4.78 is 30.6. The molecule has 8 heteroatoms. The minimum Gasteiger partial charge on any atom is -0.262 e. The third-order valence-corrected chi connectivity index (χ3v) is 5.21. The molecular weight excluding hydrogens is 326 g/mol. The first kappa shape index (κ1) is 16.7. The van der Waals surface area contributed by atoms with Crippen molar-refractivity contribution in [2.75, 3.05) is 6.54 Å². The molecule has 1 aromatic carbocycles. The average Bonchev–Trinajstić information content (AvgIpc) is 3.09. The molecule has 0 amide bonds. The quantitative estimate of drug-likeness (QED) is 0.705. The summed E-state index contributed by atoms with van der Waals surface area (Å²) in [5.41, 5.74) is 3.60. The summed E-state index contributed by atoms with van der Waals surface area (Å²) in [6.07, 6.45) is 1.78. The molecule has 3 rings (SSSR count). The van der Waals surface area contributed by atoms with Gasteiger partial charge in [-0.1, -0.05) is 30.3 Å². The van der Waals surface area contributed by atoms with Gasteiger partial charge in [0.05, 0.1) is 24.2 Å². The van der Waals surface area contributed by atoms with E-state index in [0.29, 0.717) is 13.1 Å². The number of fused-ring (bicyclic) bond motifs is 1. The molecule has 0 saturated heterocycles. The van der Waals surface area contributed by atoms with Crippen LogP contribution in [0.1, 0.15) is 18.2 Å². The van der Waals surface area contributed by atoms with E-state index in [0.717, 1.165) is 28.8 Å². The first-order valence-electron chi connectivity index (χ1n) is 7.90. The highest BCUT2D eigenvalue weighted by atomic mass is 32.2. The van der Waals surface area contributed by atoms with E-state index in [1.165, 1.54) is 0 Å². The second-order valence-corrected chi connectivity index (χ2v) is 7.45. The van der Waals surface area contributed by atoms with E-state index < -0.39 is 10.0 Å². The van der Waals surface area contributed by atoms with E-state index in [-0.39, 0.29) is 5.75 Å². The Bertz CT molecular complexity index is 928. The van der Waals surface area contributed by atoms with Crippen molar-refractivity contribution in [1.29, 1.82) is 0 Å². The highest BCUT2D eigenvalue weighted by molar-refractivity contribution is 7.88. The molecule has 2 heterocycles. The van der Waals surface area contributed by atoms with E-state index >= 15 is 0 Å². The maximum Gasteiger partial charge on any atom is 0.215 e. The number of rotatable bonds is 7. The van der Waals surface area contributed by atoms with E-state index in [1.54, 1.807) is 23.0 Å². The molecule has 0 aliphatic rings. The summed E-state index contributed by atoms with van der Waals surface area (Å²) >= 11 is 0. The van der Waals surface area contributed by atoms with Crippen LogP contribution >= 0.6 is 0 Å². The van der Waals surface area contributed by atoms with Crippen LogP contribution in [0.4, 0.5) is 0 Å². The standard InChI is InChI=1S/C16H21N5O2S/c1-3-20-15-11-17-21(16(15)13(2)19-20)10-9-18-24(22,23)12-14-7-5-4-6-8-14/h4-8,11,18H,3,9-10,12H2,1-2H3. The Hall–Kier alpha value is -2.19. The van der Waals surface area contributed by atoms with Crippen molar-refractivity contribution in [2.24, 2.45) is 0 Å². The Morgan fingerprint density at radius 1 is 1.17 bits per heavy atom. The monoisotopic (exact) mass is 347 g/mol. The van der Waals surface area contributed by atoms with Gasteiger partial charge in [-0.25, -0.2) is 13.1 Å². The minimum absolute atomic E-state index is 0.0187. The molecule has 24 heavy (non-hydrogen) atoms. The molecule has 0 unspecified atom stereocenters. The summed E-state index contributed by atoms with van der Waals surface area (Å²) in [5.74, 6) is -0.0187. The summed E-state index contributed by atoms with van der Waals surface area (Å²) in [7, 11) is -3.36. The Kier molecular flexibility index (Phi) is 4.68. The second-order valence-electron chi connectivity index (χ2n) is 5.64. The van der Waals surface area contributed by atoms with Crippen molar-refractivity contribution in [3.63, 3.8) is 0 Å². The third kappa shape index (κ3) is 3.49. The first-order chi connectivity index (χ1) is 11.5. The van der Waals surface area contributed by atoms with Crippen LogP contribution in [-0.4, -0.2) is 34.5 Å². The zero-order valence-electron chi connectivity index (χ0n) is 13.8. The Labute approximate surface area is 141 Å². The molecule has 0 radical (unpaired) electrons. The van der Waals surface area contributed by atoms with Crippen molar-refractivity contribution < 1.29 is 8.42 Å². The van der Waals surface area contributed by atoms with Crippen LogP contribution in [0, 0.1) is 6.92 Å². The van der Waals surface area contributed by atoms with Crippen molar-refractivity contribution in [2.45, 2.75) is 32.7 Å². The SMILES string of the molecule is CCn1nc(C)c2c1cnn2CCNS(=O)(=O)Cc1ccccc1. The number of sulfonamides is 1. The van der Waals surface area contributed by atoms with Crippen molar-refractivity contribution >= 4 is 21.1 Å². The van der Waals surface area contributed by atoms with Crippen LogP contribution < -0.4 is 4.72 Å². The molecule has 0 bridgehead atoms. The van der Waals surface area contributed by atoms with Gasteiger partial charge in [0.2, 0.25) is 10.0 Å². The van der Waals surface area contributed by atoms with Gasteiger partial charge in [0.1, 0.15) is 11.0 Å². The number of nitrogens with zero attached hydrogens (tertiary/aromatic N) is 4. The molecule has 128 valence electrons. The van der Waals surface area contributed by atoms with Crippen LogP contribution in [0.25, 0.3) is 11.0 Å².